The van der Waals surface area contributed by atoms with Gasteiger partial charge < -0.3 is 20.9 Å². The minimum absolute atomic E-state index is 0.0730. The smallest absolute Gasteiger partial charge is 0.123 e. The molecular formula is C15H26N2O2. The van der Waals surface area contributed by atoms with Gasteiger partial charge in [0.1, 0.15) is 5.75 Å². The first-order valence-corrected chi connectivity index (χ1v) is 6.97. The van der Waals surface area contributed by atoms with Gasteiger partial charge in [0.05, 0.1) is 13.2 Å². The summed E-state index contributed by atoms with van der Waals surface area (Å²) < 4.78 is 5.47. The highest BCUT2D eigenvalue weighted by molar-refractivity contribution is 5.59. The van der Waals surface area contributed by atoms with Crippen LogP contribution in [0.15, 0.2) is 18.2 Å². The van der Waals surface area contributed by atoms with Crippen LogP contribution in [0.3, 0.4) is 0 Å². The summed E-state index contributed by atoms with van der Waals surface area (Å²) >= 11 is 0. The molecule has 0 aromatic heterocycles. The molecule has 0 heterocycles. The Morgan fingerprint density at radius 3 is 2.42 bits per heavy atom. The Morgan fingerprint density at radius 2 is 1.89 bits per heavy atom. The Bertz CT molecular complexity index is 381. The lowest BCUT2D eigenvalue weighted by molar-refractivity contribution is 0.127. The molecule has 0 spiro atoms. The second-order valence-electron chi connectivity index (χ2n) is 4.94. The average Bonchev–Trinajstić information content (AvgIpc) is 2.41. The van der Waals surface area contributed by atoms with Crippen LogP contribution in [0.4, 0.5) is 11.4 Å². The lowest BCUT2D eigenvalue weighted by atomic mass is 9.83. The lowest BCUT2D eigenvalue weighted by Gasteiger charge is -2.30. The molecule has 0 radical (unpaired) electrons. The van der Waals surface area contributed by atoms with E-state index >= 15 is 0 Å². The number of rotatable bonds is 8. The average molecular weight is 266 g/mol. The van der Waals surface area contributed by atoms with Crippen molar-refractivity contribution in [2.75, 3.05) is 30.8 Å². The van der Waals surface area contributed by atoms with Gasteiger partial charge in [-0.1, -0.05) is 13.8 Å². The van der Waals surface area contributed by atoms with Crippen LogP contribution in [0, 0.1) is 5.41 Å². The maximum Gasteiger partial charge on any atom is 0.123 e. The number of aliphatic hydroxyl groups excluding tert-OH is 1. The van der Waals surface area contributed by atoms with E-state index < -0.39 is 0 Å². The molecule has 1 aromatic rings. The Morgan fingerprint density at radius 1 is 1.21 bits per heavy atom. The number of anilines is 2. The molecule has 0 aliphatic heterocycles. The fourth-order valence-corrected chi connectivity index (χ4v) is 2.04. The summed E-state index contributed by atoms with van der Waals surface area (Å²) in [5.41, 5.74) is 7.39. The highest BCUT2D eigenvalue weighted by Crippen LogP contribution is 2.28. The number of ether oxygens (including phenoxy) is 1. The Hall–Kier alpha value is -1.42. The summed E-state index contributed by atoms with van der Waals surface area (Å²) in [6.07, 6.45) is 1.88. The number of nitrogens with two attached hydrogens (primary N) is 1. The van der Waals surface area contributed by atoms with E-state index in [9.17, 15) is 5.11 Å². The van der Waals surface area contributed by atoms with Gasteiger partial charge in [0.2, 0.25) is 0 Å². The van der Waals surface area contributed by atoms with Crippen LogP contribution in [-0.4, -0.2) is 24.9 Å². The van der Waals surface area contributed by atoms with Crippen molar-refractivity contribution in [1.82, 2.24) is 0 Å². The fourth-order valence-electron chi connectivity index (χ4n) is 2.04. The molecule has 0 unspecified atom stereocenters. The third-order valence-corrected chi connectivity index (χ3v) is 3.74. The molecule has 19 heavy (non-hydrogen) atoms. The first kappa shape index (κ1) is 15.6. The zero-order valence-electron chi connectivity index (χ0n) is 12.2. The minimum atomic E-state index is -0.0730. The minimum Gasteiger partial charge on any atom is -0.494 e. The standard InChI is InChI=1S/C15H26N2O2/c1-4-15(5-2,11-18)10-17-13-7-12(16)8-14(9-13)19-6-3/h7-9,17-18H,4-6,10-11,16H2,1-3H3. The number of aliphatic hydroxyl groups is 1. The van der Waals surface area contributed by atoms with E-state index in [1.165, 1.54) is 0 Å². The summed E-state index contributed by atoms with van der Waals surface area (Å²) in [7, 11) is 0. The number of hydrogen-bond donors (Lipinski definition) is 3. The first-order chi connectivity index (χ1) is 9.09. The number of hydrogen-bond acceptors (Lipinski definition) is 4. The molecule has 0 fully saturated rings. The predicted octanol–water partition coefficient (Wildman–Crippen LogP) is 2.88. The van der Waals surface area contributed by atoms with Crippen LogP contribution < -0.4 is 15.8 Å². The summed E-state index contributed by atoms with van der Waals surface area (Å²) in [6.45, 7) is 7.69. The fraction of sp³-hybridized carbons (Fsp3) is 0.600. The van der Waals surface area contributed by atoms with E-state index in [0.29, 0.717) is 12.3 Å². The lowest BCUT2D eigenvalue weighted by Crippen LogP contribution is -2.32. The van der Waals surface area contributed by atoms with Crippen LogP contribution in [0.5, 0.6) is 5.75 Å². The normalized spacial score (nSPS) is 11.4. The Kier molecular flexibility index (Phi) is 5.96. The molecule has 0 amide bonds. The van der Waals surface area contributed by atoms with Gasteiger partial charge in [-0.3, -0.25) is 0 Å². The topological polar surface area (TPSA) is 67.5 Å². The van der Waals surface area contributed by atoms with E-state index in [2.05, 4.69) is 19.2 Å². The van der Waals surface area contributed by atoms with E-state index in [0.717, 1.165) is 30.8 Å². The maximum absolute atomic E-state index is 9.56. The van der Waals surface area contributed by atoms with E-state index in [4.69, 9.17) is 10.5 Å². The molecule has 0 atom stereocenters. The van der Waals surface area contributed by atoms with E-state index in [-0.39, 0.29) is 12.0 Å². The van der Waals surface area contributed by atoms with Crippen molar-refractivity contribution >= 4 is 11.4 Å². The Labute approximate surface area is 116 Å². The van der Waals surface area contributed by atoms with Gasteiger partial charge in [-0.15, -0.1) is 0 Å². The summed E-state index contributed by atoms with van der Waals surface area (Å²) in [4.78, 5) is 0. The highest BCUT2D eigenvalue weighted by Gasteiger charge is 2.24. The quantitative estimate of drug-likeness (QED) is 0.633. The molecule has 4 N–H and O–H groups in total. The van der Waals surface area contributed by atoms with Crippen LogP contribution >= 0.6 is 0 Å². The molecular weight excluding hydrogens is 240 g/mol. The van der Waals surface area contributed by atoms with Gasteiger partial charge in [0.25, 0.3) is 0 Å². The van der Waals surface area contributed by atoms with Crippen LogP contribution in [0.2, 0.25) is 0 Å². The van der Waals surface area contributed by atoms with Crippen LogP contribution in [0.1, 0.15) is 33.6 Å². The second-order valence-corrected chi connectivity index (χ2v) is 4.94. The monoisotopic (exact) mass is 266 g/mol. The second kappa shape index (κ2) is 7.24. The van der Waals surface area contributed by atoms with Crippen molar-refractivity contribution in [3.05, 3.63) is 18.2 Å². The third kappa shape index (κ3) is 4.31. The van der Waals surface area contributed by atoms with Gasteiger partial charge >= 0.3 is 0 Å². The molecule has 0 saturated carbocycles. The predicted molar refractivity (Wildman–Crippen MR) is 80.6 cm³/mol. The highest BCUT2D eigenvalue weighted by atomic mass is 16.5. The summed E-state index contributed by atoms with van der Waals surface area (Å²) in [5, 5.41) is 12.9. The molecule has 4 nitrogen and oxygen atoms in total. The van der Waals surface area contributed by atoms with Crippen molar-refractivity contribution in [3.8, 4) is 5.75 Å². The molecule has 0 aliphatic carbocycles. The molecule has 1 aromatic carbocycles. The van der Waals surface area contributed by atoms with Crippen LogP contribution in [-0.2, 0) is 0 Å². The third-order valence-electron chi connectivity index (χ3n) is 3.74. The zero-order valence-corrected chi connectivity index (χ0v) is 12.2. The number of benzene rings is 1. The molecule has 0 saturated heterocycles. The van der Waals surface area contributed by atoms with E-state index in [1.807, 2.05) is 25.1 Å². The van der Waals surface area contributed by atoms with Crippen molar-refractivity contribution in [2.24, 2.45) is 5.41 Å². The van der Waals surface area contributed by atoms with Gasteiger partial charge in [0.15, 0.2) is 0 Å². The number of nitrogen functional groups attached to an aromatic ring is 1. The number of nitrogens with one attached hydrogen (secondary N) is 1. The largest absolute Gasteiger partial charge is 0.494 e. The molecule has 4 heteroatoms. The SMILES string of the molecule is CCOc1cc(N)cc(NCC(CC)(CC)CO)c1. The summed E-state index contributed by atoms with van der Waals surface area (Å²) in [5.74, 6) is 0.771. The maximum atomic E-state index is 9.56. The Balaban J connectivity index is 2.76. The van der Waals surface area contributed by atoms with Gasteiger partial charge in [0, 0.05) is 35.5 Å². The van der Waals surface area contributed by atoms with Gasteiger partial charge in [-0.25, -0.2) is 0 Å². The first-order valence-electron chi connectivity index (χ1n) is 6.97. The van der Waals surface area contributed by atoms with Crippen molar-refractivity contribution < 1.29 is 9.84 Å². The molecule has 0 aliphatic rings. The zero-order chi connectivity index (χ0) is 14.3. The molecule has 108 valence electrons. The van der Waals surface area contributed by atoms with Gasteiger partial charge in [-0.2, -0.15) is 0 Å². The van der Waals surface area contributed by atoms with Crippen molar-refractivity contribution in [1.29, 1.82) is 0 Å². The molecule has 0 bridgehead atoms. The summed E-state index contributed by atoms with van der Waals surface area (Å²) in [6, 6.07) is 5.64. The van der Waals surface area contributed by atoms with Crippen LogP contribution in [0.25, 0.3) is 0 Å². The van der Waals surface area contributed by atoms with Crippen molar-refractivity contribution in [3.63, 3.8) is 0 Å². The van der Waals surface area contributed by atoms with E-state index in [1.54, 1.807) is 0 Å². The molecule has 1 rings (SSSR count). The van der Waals surface area contributed by atoms with Gasteiger partial charge in [-0.05, 0) is 25.8 Å². The van der Waals surface area contributed by atoms with Crippen molar-refractivity contribution in [2.45, 2.75) is 33.6 Å².